The lowest BCUT2D eigenvalue weighted by atomic mass is 9.99. The van der Waals surface area contributed by atoms with E-state index in [0.717, 1.165) is 31.8 Å². The summed E-state index contributed by atoms with van der Waals surface area (Å²) in [7, 11) is 0. The van der Waals surface area contributed by atoms with Gasteiger partial charge in [0, 0.05) is 25.2 Å². The molecule has 3 heteroatoms. The van der Waals surface area contributed by atoms with Gasteiger partial charge in [0.1, 0.15) is 0 Å². The summed E-state index contributed by atoms with van der Waals surface area (Å²) >= 11 is 0. The highest BCUT2D eigenvalue weighted by atomic mass is 16.5. The molecule has 0 N–H and O–H groups in total. The molecule has 0 amide bonds. The van der Waals surface area contributed by atoms with Crippen molar-refractivity contribution in [3.8, 4) is 0 Å². The summed E-state index contributed by atoms with van der Waals surface area (Å²) in [5.41, 5.74) is 1.33. The number of hydrogen-bond acceptors (Lipinski definition) is 3. The van der Waals surface area contributed by atoms with Gasteiger partial charge in [0.25, 0.3) is 0 Å². The van der Waals surface area contributed by atoms with Crippen LogP contribution in [-0.2, 0) is 4.74 Å². The Balaban J connectivity index is 1.32. The molecule has 0 aromatic heterocycles. The van der Waals surface area contributed by atoms with E-state index in [1.165, 1.54) is 57.2 Å². The summed E-state index contributed by atoms with van der Waals surface area (Å²) in [6.07, 6.45) is 8.74. The second-order valence-corrected chi connectivity index (χ2v) is 7.47. The zero-order valence-corrected chi connectivity index (χ0v) is 14.2. The molecule has 1 aromatic carbocycles. The Morgan fingerprint density at radius 3 is 2.22 bits per heavy atom. The number of hydrogen-bond donors (Lipinski definition) is 0. The third kappa shape index (κ3) is 3.62. The third-order valence-corrected chi connectivity index (χ3v) is 6.13. The molecule has 1 saturated carbocycles. The molecule has 0 radical (unpaired) electrons. The largest absolute Gasteiger partial charge is 0.371 e. The summed E-state index contributed by atoms with van der Waals surface area (Å²) in [6.45, 7) is 5.67. The van der Waals surface area contributed by atoms with Crippen molar-refractivity contribution in [3.05, 3.63) is 35.9 Å². The van der Waals surface area contributed by atoms with Crippen LogP contribution < -0.4 is 0 Å². The van der Waals surface area contributed by atoms with Gasteiger partial charge < -0.3 is 9.64 Å². The Kier molecular flexibility index (Phi) is 4.98. The number of likely N-dealkylation sites (tertiary alicyclic amines) is 1. The van der Waals surface area contributed by atoms with Crippen molar-refractivity contribution >= 4 is 0 Å². The summed E-state index contributed by atoms with van der Waals surface area (Å²) in [6, 6.07) is 12.4. The minimum absolute atomic E-state index is 0.262. The Morgan fingerprint density at radius 1 is 0.783 bits per heavy atom. The minimum atomic E-state index is 0.262. The number of benzene rings is 1. The summed E-state index contributed by atoms with van der Waals surface area (Å²) in [4.78, 5) is 5.48. The second-order valence-electron chi connectivity index (χ2n) is 7.47. The van der Waals surface area contributed by atoms with Crippen molar-refractivity contribution in [2.45, 2.75) is 56.7 Å². The molecule has 4 rings (SSSR count). The van der Waals surface area contributed by atoms with E-state index < -0.39 is 0 Å². The van der Waals surface area contributed by atoms with Gasteiger partial charge in [-0.25, -0.2) is 0 Å². The number of nitrogens with zero attached hydrogens (tertiary/aromatic N) is 2. The van der Waals surface area contributed by atoms with Crippen LogP contribution in [0.3, 0.4) is 0 Å². The van der Waals surface area contributed by atoms with E-state index in [1.54, 1.807) is 0 Å². The van der Waals surface area contributed by atoms with Crippen LogP contribution in [0.4, 0.5) is 0 Å². The zero-order valence-electron chi connectivity index (χ0n) is 14.2. The topological polar surface area (TPSA) is 15.7 Å². The molecule has 2 heterocycles. The van der Waals surface area contributed by atoms with E-state index >= 15 is 0 Å². The van der Waals surface area contributed by atoms with Crippen LogP contribution >= 0.6 is 0 Å². The highest BCUT2D eigenvalue weighted by molar-refractivity contribution is 5.18. The fourth-order valence-electron chi connectivity index (χ4n) is 4.76. The van der Waals surface area contributed by atoms with E-state index in [-0.39, 0.29) is 6.10 Å². The van der Waals surface area contributed by atoms with Crippen LogP contribution in [-0.4, -0.2) is 54.7 Å². The lowest BCUT2D eigenvalue weighted by Gasteiger charge is -2.43. The number of piperidine rings is 1. The predicted molar refractivity (Wildman–Crippen MR) is 93.6 cm³/mol. The van der Waals surface area contributed by atoms with Crippen molar-refractivity contribution < 1.29 is 4.74 Å². The molecule has 23 heavy (non-hydrogen) atoms. The van der Waals surface area contributed by atoms with E-state index in [0.29, 0.717) is 0 Å². The van der Waals surface area contributed by atoms with Crippen molar-refractivity contribution in [1.82, 2.24) is 9.80 Å². The monoisotopic (exact) mass is 314 g/mol. The Morgan fingerprint density at radius 2 is 1.48 bits per heavy atom. The average molecular weight is 314 g/mol. The minimum Gasteiger partial charge on any atom is -0.371 e. The molecule has 1 atom stereocenters. The molecular weight excluding hydrogens is 284 g/mol. The van der Waals surface area contributed by atoms with Crippen LogP contribution in [0.2, 0.25) is 0 Å². The maximum atomic E-state index is 6.04. The molecule has 3 nitrogen and oxygen atoms in total. The summed E-state index contributed by atoms with van der Waals surface area (Å²) in [5.74, 6) is 0. The molecule has 126 valence electrons. The van der Waals surface area contributed by atoms with Crippen molar-refractivity contribution in [2.75, 3.05) is 32.8 Å². The van der Waals surface area contributed by atoms with E-state index in [4.69, 9.17) is 4.74 Å². The molecule has 3 fully saturated rings. The maximum absolute atomic E-state index is 6.04. The van der Waals surface area contributed by atoms with E-state index in [9.17, 15) is 0 Å². The Bertz CT molecular complexity index is 478. The highest BCUT2D eigenvalue weighted by Crippen LogP contribution is 2.29. The zero-order chi connectivity index (χ0) is 15.5. The predicted octanol–water partition coefficient (Wildman–Crippen LogP) is 3.47. The van der Waals surface area contributed by atoms with Gasteiger partial charge in [-0.1, -0.05) is 43.2 Å². The van der Waals surface area contributed by atoms with Gasteiger partial charge in [-0.2, -0.15) is 0 Å². The fraction of sp³-hybridized carbons (Fsp3) is 0.700. The third-order valence-electron chi connectivity index (χ3n) is 6.13. The van der Waals surface area contributed by atoms with Crippen molar-refractivity contribution in [3.63, 3.8) is 0 Å². The summed E-state index contributed by atoms with van der Waals surface area (Å²) in [5, 5.41) is 0. The smallest absolute Gasteiger partial charge is 0.0952 e. The van der Waals surface area contributed by atoms with Crippen LogP contribution in [0.15, 0.2) is 30.3 Å². The average Bonchev–Trinajstić information content (AvgIpc) is 3.17. The molecule has 1 aliphatic carbocycles. The Hall–Kier alpha value is -0.900. The number of rotatable bonds is 3. The summed E-state index contributed by atoms with van der Waals surface area (Å²) < 4.78 is 6.04. The number of ether oxygens (including phenoxy) is 1. The van der Waals surface area contributed by atoms with Gasteiger partial charge in [0.05, 0.1) is 12.7 Å². The molecule has 0 bridgehead atoms. The van der Waals surface area contributed by atoms with Gasteiger partial charge >= 0.3 is 0 Å². The van der Waals surface area contributed by atoms with Crippen LogP contribution in [0.1, 0.15) is 50.2 Å². The van der Waals surface area contributed by atoms with Gasteiger partial charge in [-0.15, -0.1) is 0 Å². The molecule has 1 aromatic rings. The normalized spacial score (nSPS) is 29.1. The molecule has 2 saturated heterocycles. The van der Waals surface area contributed by atoms with Gasteiger partial charge in [-0.05, 0) is 44.3 Å². The Labute approximate surface area is 140 Å². The van der Waals surface area contributed by atoms with Crippen molar-refractivity contribution in [1.29, 1.82) is 0 Å². The quantitative estimate of drug-likeness (QED) is 0.850. The lowest BCUT2D eigenvalue weighted by molar-refractivity contribution is -0.0551. The van der Waals surface area contributed by atoms with Gasteiger partial charge in [-0.3, -0.25) is 4.90 Å². The second kappa shape index (κ2) is 7.33. The molecular formula is C20H30N2O. The van der Waals surface area contributed by atoms with Crippen molar-refractivity contribution in [2.24, 2.45) is 0 Å². The molecule has 2 aliphatic heterocycles. The van der Waals surface area contributed by atoms with E-state index in [2.05, 4.69) is 40.1 Å². The first-order valence-electron chi connectivity index (χ1n) is 9.55. The van der Waals surface area contributed by atoms with E-state index in [1.807, 2.05) is 0 Å². The maximum Gasteiger partial charge on any atom is 0.0952 e. The van der Waals surface area contributed by atoms with Gasteiger partial charge in [0.2, 0.25) is 0 Å². The first kappa shape index (κ1) is 15.6. The SMILES string of the molecule is c1ccc(C2CN(C3CCN(C4CCCC4)CC3)CCO2)cc1. The molecule has 3 aliphatic rings. The fourth-order valence-corrected chi connectivity index (χ4v) is 4.76. The molecule has 0 spiro atoms. The molecule has 1 unspecified atom stereocenters. The standard InChI is InChI=1S/C20H30N2O/c1-2-6-17(7-3-1)20-16-22(14-15-23-20)19-10-12-21(13-11-19)18-8-4-5-9-18/h1-3,6-7,18-20H,4-5,8-16H2. The van der Waals surface area contributed by atoms with Crippen LogP contribution in [0.25, 0.3) is 0 Å². The van der Waals surface area contributed by atoms with Crippen LogP contribution in [0.5, 0.6) is 0 Å². The lowest BCUT2D eigenvalue weighted by Crippen LogP contribution is -2.51. The first-order valence-corrected chi connectivity index (χ1v) is 9.55. The first-order chi connectivity index (χ1) is 11.4. The van der Waals surface area contributed by atoms with Crippen LogP contribution in [0, 0.1) is 0 Å². The highest BCUT2D eigenvalue weighted by Gasteiger charge is 2.32. The number of morpholine rings is 1. The van der Waals surface area contributed by atoms with Gasteiger partial charge in [0.15, 0.2) is 0 Å².